The Morgan fingerprint density at radius 2 is 2.21 bits per heavy atom. The van der Waals surface area contributed by atoms with E-state index in [0.717, 1.165) is 35.7 Å². The number of nitrogens with one attached hydrogen (secondary N) is 1. The summed E-state index contributed by atoms with van der Waals surface area (Å²) in [5, 5.41) is 4.99. The molecule has 4 heteroatoms. The first-order valence-electron chi connectivity index (χ1n) is 6.58. The SMILES string of the molecule is NC1(CC(=O)Nc2cccc3cnccc23)CCC1. The topological polar surface area (TPSA) is 68.0 Å². The van der Waals surface area contributed by atoms with Gasteiger partial charge in [0, 0.05) is 40.8 Å². The van der Waals surface area contributed by atoms with E-state index in [0.29, 0.717) is 6.42 Å². The minimum Gasteiger partial charge on any atom is -0.325 e. The molecule has 1 amide bonds. The van der Waals surface area contributed by atoms with Gasteiger partial charge in [0.1, 0.15) is 0 Å². The number of carbonyl (C=O) groups is 1. The summed E-state index contributed by atoms with van der Waals surface area (Å²) in [6.45, 7) is 0. The van der Waals surface area contributed by atoms with Crippen LogP contribution in [0.4, 0.5) is 5.69 Å². The Bertz CT molecular complexity index is 614. The predicted molar refractivity (Wildman–Crippen MR) is 75.8 cm³/mol. The van der Waals surface area contributed by atoms with Gasteiger partial charge in [-0.1, -0.05) is 12.1 Å². The highest BCUT2D eigenvalue weighted by atomic mass is 16.1. The Hall–Kier alpha value is -1.94. The summed E-state index contributed by atoms with van der Waals surface area (Å²) in [6.07, 6.45) is 6.94. The van der Waals surface area contributed by atoms with E-state index in [2.05, 4.69) is 10.3 Å². The van der Waals surface area contributed by atoms with Crippen LogP contribution >= 0.6 is 0 Å². The summed E-state index contributed by atoms with van der Waals surface area (Å²) in [6, 6.07) is 7.71. The Balaban J connectivity index is 1.79. The molecule has 2 aromatic rings. The highest BCUT2D eigenvalue weighted by molar-refractivity contribution is 6.02. The fraction of sp³-hybridized carbons (Fsp3) is 0.333. The monoisotopic (exact) mass is 255 g/mol. The van der Waals surface area contributed by atoms with Crippen molar-refractivity contribution in [3.63, 3.8) is 0 Å². The third-order valence-electron chi connectivity index (χ3n) is 3.82. The van der Waals surface area contributed by atoms with Crippen molar-refractivity contribution in [1.29, 1.82) is 0 Å². The van der Waals surface area contributed by atoms with Gasteiger partial charge >= 0.3 is 0 Å². The van der Waals surface area contributed by atoms with Gasteiger partial charge in [-0.3, -0.25) is 9.78 Å². The van der Waals surface area contributed by atoms with Gasteiger partial charge in [-0.2, -0.15) is 0 Å². The molecule has 0 unspecified atom stereocenters. The lowest BCUT2D eigenvalue weighted by atomic mass is 9.75. The van der Waals surface area contributed by atoms with Gasteiger partial charge in [0.25, 0.3) is 0 Å². The number of pyridine rings is 1. The Labute approximate surface area is 112 Å². The molecule has 3 rings (SSSR count). The van der Waals surface area contributed by atoms with Crippen molar-refractivity contribution in [2.45, 2.75) is 31.2 Å². The largest absolute Gasteiger partial charge is 0.325 e. The van der Waals surface area contributed by atoms with E-state index >= 15 is 0 Å². The number of fused-ring (bicyclic) bond motifs is 1. The summed E-state index contributed by atoms with van der Waals surface area (Å²) in [4.78, 5) is 16.1. The van der Waals surface area contributed by atoms with Crippen molar-refractivity contribution >= 4 is 22.4 Å². The third-order valence-corrected chi connectivity index (χ3v) is 3.82. The summed E-state index contributed by atoms with van der Waals surface area (Å²) in [7, 11) is 0. The fourth-order valence-electron chi connectivity index (χ4n) is 2.55. The van der Waals surface area contributed by atoms with E-state index in [-0.39, 0.29) is 11.4 Å². The first-order valence-corrected chi connectivity index (χ1v) is 6.58. The fourth-order valence-corrected chi connectivity index (χ4v) is 2.55. The van der Waals surface area contributed by atoms with Crippen LogP contribution < -0.4 is 11.1 Å². The average Bonchev–Trinajstić information content (AvgIpc) is 2.37. The van der Waals surface area contributed by atoms with Gasteiger partial charge in [-0.15, -0.1) is 0 Å². The van der Waals surface area contributed by atoms with Gasteiger partial charge in [0.05, 0.1) is 0 Å². The van der Waals surface area contributed by atoms with Crippen LogP contribution in [0, 0.1) is 0 Å². The molecule has 98 valence electrons. The van der Waals surface area contributed by atoms with Crippen LogP contribution in [0.5, 0.6) is 0 Å². The molecule has 1 aliphatic carbocycles. The van der Waals surface area contributed by atoms with Gasteiger partial charge in [-0.25, -0.2) is 0 Å². The lowest BCUT2D eigenvalue weighted by molar-refractivity contribution is -0.118. The molecular weight excluding hydrogens is 238 g/mol. The van der Waals surface area contributed by atoms with Crippen molar-refractivity contribution in [1.82, 2.24) is 4.98 Å². The number of anilines is 1. The summed E-state index contributed by atoms with van der Waals surface area (Å²) in [5.41, 5.74) is 6.64. The molecule has 3 N–H and O–H groups in total. The molecule has 19 heavy (non-hydrogen) atoms. The maximum atomic E-state index is 12.1. The highest BCUT2D eigenvalue weighted by Gasteiger charge is 2.34. The number of nitrogens with zero attached hydrogens (tertiary/aromatic N) is 1. The number of hydrogen-bond acceptors (Lipinski definition) is 3. The van der Waals surface area contributed by atoms with Crippen molar-refractivity contribution in [2.75, 3.05) is 5.32 Å². The zero-order valence-corrected chi connectivity index (χ0v) is 10.7. The molecule has 0 saturated heterocycles. The molecule has 1 fully saturated rings. The number of nitrogens with two attached hydrogens (primary N) is 1. The molecule has 0 bridgehead atoms. The van der Waals surface area contributed by atoms with E-state index in [9.17, 15) is 4.79 Å². The smallest absolute Gasteiger partial charge is 0.226 e. The Morgan fingerprint density at radius 1 is 1.37 bits per heavy atom. The molecule has 1 aromatic carbocycles. The molecular formula is C15H17N3O. The minimum absolute atomic E-state index is 0.00786. The molecule has 0 spiro atoms. The zero-order valence-electron chi connectivity index (χ0n) is 10.7. The Morgan fingerprint density at radius 3 is 2.95 bits per heavy atom. The van der Waals surface area contributed by atoms with Crippen molar-refractivity contribution < 1.29 is 4.79 Å². The van der Waals surface area contributed by atoms with Crippen LogP contribution in [0.2, 0.25) is 0 Å². The zero-order chi connectivity index (χ0) is 13.3. The second kappa shape index (κ2) is 4.63. The maximum Gasteiger partial charge on any atom is 0.226 e. The van der Waals surface area contributed by atoms with E-state index in [4.69, 9.17) is 5.73 Å². The minimum atomic E-state index is -0.282. The molecule has 1 saturated carbocycles. The maximum absolute atomic E-state index is 12.1. The van der Waals surface area contributed by atoms with Gasteiger partial charge < -0.3 is 11.1 Å². The van der Waals surface area contributed by atoms with Crippen LogP contribution in [0.3, 0.4) is 0 Å². The molecule has 0 radical (unpaired) electrons. The second-order valence-corrected chi connectivity index (χ2v) is 5.34. The first kappa shape index (κ1) is 12.1. The summed E-state index contributed by atoms with van der Waals surface area (Å²) >= 11 is 0. The molecule has 1 aromatic heterocycles. The van der Waals surface area contributed by atoms with Crippen LogP contribution in [0.25, 0.3) is 10.8 Å². The number of rotatable bonds is 3. The van der Waals surface area contributed by atoms with Crippen molar-refractivity contribution in [3.8, 4) is 0 Å². The molecule has 1 aliphatic rings. The number of benzene rings is 1. The third kappa shape index (κ3) is 2.44. The van der Waals surface area contributed by atoms with Crippen molar-refractivity contribution in [3.05, 3.63) is 36.7 Å². The standard InChI is InChI=1S/C15H17N3O/c16-15(6-2-7-15)9-14(19)18-13-4-1-3-11-10-17-8-5-12(11)13/h1,3-5,8,10H,2,6-7,9,16H2,(H,18,19). The highest BCUT2D eigenvalue weighted by Crippen LogP contribution is 2.32. The molecule has 0 atom stereocenters. The van der Waals surface area contributed by atoms with Gasteiger partial charge in [0.15, 0.2) is 0 Å². The molecule has 4 nitrogen and oxygen atoms in total. The van der Waals surface area contributed by atoms with E-state index in [1.54, 1.807) is 12.4 Å². The number of carbonyl (C=O) groups excluding carboxylic acids is 1. The number of aromatic nitrogens is 1. The number of amides is 1. The number of hydrogen-bond donors (Lipinski definition) is 2. The molecule has 1 heterocycles. The average molecular weight is 255 g/mol. The van der Waals surface area contributed by atoms with Crippen LogP contribution in [0.1, 0.15) is 25.7 Å². The second-order valence-electron chi connectivity index (χ2n) is 5.34. The Kier molecular flexibility index (Phi) is 2.95. The normalized spacial score (nSPS) is 16.9. The van der Waals surface area contributed by atoms with Crippen LogP contribution in [-0.2, 0) is 4.79 Å². The van der Waals surface area contributed by atoms with E-state index in [1.807, 2.05) is 24.3 Å². The van der Waals surface area contributed by atoms with E-state index in [1.165, 1.54) is 0 Å². The lowest BCUT2D eigenvalue weighted by Crippen LogP contribution is -2.48. The predicted octanol–water partition coefficient (Wildman–Crippen LogP) is 2.44. The van der Waals surface area contributed by atoms with Crippen molar-refractivity contribution in [2.24, 2.45) is 5.73 Å². The van der Waals surface area contributed by atoms with Gasteiger partial charge in [-0.05, 0) is 31.4 Å². The van der Waals surface area contributed by atoms with E-state index < -0.39 is 0 Å². The van der Waals surface area contributed by atoms with Gasteiger partial charge in [0.2, 0.25) is 5.91 Å². The lowest BCUT2D eigenvalue weighted by Gasteiger charge is -2.37. The first-order chi connectivity index (χ1) is 9.16. The quantitative estimate of drug-likeness (QED) is 0.885. The summed E-state index contributed by atoms with van der Waals surface area (Å²) < 4.78 is 0. The summed E-state index contributed by atoms with van der Waals surface area (Å²) in [5.74, 6) is -0.00786. The van der Waals surface area contributed by atoms with Crippen LogP contribution in [-0.4, -0.2) is 16.4 Å². The molecule has 0 aliphatic heterocycles. The van der Waals surface area contributed by atoms with Crippen LogP contribution in [0.15, 0.2) is 36.7 Å².